The molecule has 1 saturated heterocycles. The third-order valence-corrected chi connectivity index (χ3v) is 8.05. The number of guanidine groups is 1. The number of nitrogen functional groups attached to an aromatic ring is 1. The van der Waals surface area contributed by atoms with Gasteiger partial charge in [0.25, 0.3) is 11.8 Å². The average molecular weight is 647 g/mol. The Bertz CT molecular complexity index is 1550. The van der Waals surface area contributed by atoms with Crippen LogP contribution in [-0.2, 0) is 17.8 Å². The van der Waals surface area contributed by atoms with E-state index in [-0.39, 0.29) is 53.5 Å². The molecule has 44 heavy (non-hydrogen) atoms. The summed E-state index contributed by atoms with van der Waals surface area (Å²) in [5, 5.41) is 49.1. The molecule has 0 radical (unpaired) electrons. The van der Waals surface area contributed by atoms with Crippen molar-refractivity contribution in [3.63, 3.8) is 0 Å². The number of amides is 2. The molecule has 2 amide bonds. The van der Waals surface area contributed by atoms with Crippen LogP contribution in [0, 0.1) is 11.5 Å². The maximum absolute atomic E-state index is 13.3. The number of aliphatic hydroxyl groups is 2. The first-order valence-corrected chi connectivity index (χ1v) is 14.3. The lowest BCUT2D eigenvalue weighted by atomic mass is 9.95. The molecule has 2 aromatic rings. The van der Waals surface area contributed by atoms with Crippen molar-refractivity contribution < 1.29 is 35.1 Å². The standard InChI is InChI=1S/C28H30Cl2N8O6/c29-20-5-16-10-37(26(42)14-1-2-15(8-31)21(33)6-14)4-3-19(16)24(30)23(20)25(41)36-22(27(43)44)9-34-28(35-13-32)38-11-17(39)7-18(40)12-38/h1-2,5-6,8,17-18,22,31,39-40H,3-4,7,9-12,33H2,(H,34,35)(H,36,41)(H,43,44)/p+1/t17-,18-,22+/m1/s1. The molecule has 0 aliphatic carbocycles. The third kappa shape index (κ3) is 7.20. The number of aliphatic carboxylic acids is 1. The Labute approximate surface area is 262 Å². The van der Waals surface area contributed by atoms with Gasteiger partial charge in [-0.25, -0.2) is 9.79 Å². The number of piperidine rings is 1. The van der Waals surface area contributed by atoms with E-state index in [0.29, 0.717) is 40.9 Å². The van der Waals surface area contributed by atoms with Gasteiger partial charge in [-0.1, -0.05) is 23.2 Å². The Morgan fingerprint density at radius 2 is 1.91 bits per heavy atom. The van der Waals surface area contributed by atoms with Crippen molar-refractivity contribution in [3.8, 4) is 6.19 Å². The number of rotatable bonds is 7. The van der Waals surface area contributed by atoms with E-state index >= 15 is 0 Å². The molecule has 0 saturated carbocycles. The molecule has 3 atom stereocenters. The van der Waals surface area contributed by atoms with E-state index in [1.54, 1.807) is 29.3 Å². The van der Waals surface area contributed by atoms with E-state index in [2.05, 4.69) is 15.6 Å². The van der Waals surface area contributed by atoms with Crippen LogP contribution >= 0.6 is 23.2 Å². The normalized spacial score (nSPS) is 18.9. The predicted molar refractivity (Wildman–Crippen MR) is 161 cm³/mol. The van der Waals surface area contributed by atoms with E-state index in [0.717, 1.165) is 0 Å². The molecule has 0 spiro atoms. The number of carbonyl (C=O) groups excluding carboxylic acids is 2. The summed E-state index contributed by atoms with van der Waals surface area (Å²) >= 11 is 13.1. The number of carboxylic acid groups (broad SMARTS) is 1. The first-order chi connectivity index (χ1) is 20.9. The fraction of sp³-hybridized carbons (Fsp3) is 0.357. The lowest BCUT2D eigenvalue weighted by Crippen LogP contribution is -2.52. The van der Waals surface area contributed by atoms with Crippen LogP contribution in [0.1, 0.15) is 43.8 Å². The van der Waals surface area contributed by atoms with E-state index < -0.39 is 36.7 Å². The Morgan fingerprint density at radius 1 is 1.20 bits per heavy atom. The smallest absolute Gasteiger partial charge is 0.328 e. The summed E-state index contributed by atoms with van der Waals surface area (Å²) in [6.07, 6.45) is 1.75. The molecule has 0 unspecified atom stereocenters. The Hall–Kier alpha value is -4.42. The maximum atomic E-state index is 13.3. The lowest BCUT2D eigenvalue weighted by molar-refractivity contribution is -0.138. The summed E-state index contributed by atoms with van der Waals surface area (Å²) < 4.78 is 0. The van der Waals surface area contributed by atoms with Gasteiger partial charge in [0.2, 0.25) is 5.96 Å². The van der Waals surface area contributed by atoms with E-state index in [4.69, 9.17) is 39.6 Å². The molecule has 2 aliphatic rings. The monoisotopic (exact) mass is 645 g/mol. The van der Waals surface area contributed by atoms with Gasteiger partial charge in [0.1, 0.15) is 6.04 Å². The molecule has 1 fully saturated rings. The summed E-state index contributed by atoms with van der Waals surface area (Å²) in [5.41, 5.74) is 8.43. The number of nitriles is 1. The van der Waals surface area contributed by atoms with Crippen LogP contribution < -0.4 is 21.8 Å². The van der Waals surface area contributed by atoms with E-state index in [9.17, 15) is 29.7 Å². The number of nitrogens with one attached hydrogen (secondary N) is 2. The SMILES string of the molecule is N#CNC(=NC[C@H](NC(=O)c1c(Cl)cc2c(c1Cl)CCN(C(=O)c1ccc(C=[NH2+])c(N)c1)C2)C(=O)O)N1C[C@H](O)C[C@@H](O)C1. The van der Waals surface area contributed by atoms with Crippen molar-refractivity contribution in [2.75, 3.05) is 31.9 Å². The van der Waals surface area contributed by atoms with Gasteiger partial charge in [0.05, 0.1) is 39.9 Å². The minimum Gasteiger partial charge on any atom is -0.480 e. The summed E-state index contributed by atoms with van der Waals surface area (Å²) in [7, 11) is 0. The average Bonchev–Trinajstić information content (AvgIpc) is 2.97. The Balaban J connectivity index is 1.50. The highest BCUT2D eigenvalue weighted by Gasteiger charge is 2.31. The highest BCUT2D eigenvalue weighted by Crippen LogP contribution is 2.35. The zero-order chi connectivity index (χ0) is 32.1. The van der Waals surface area contributed by atoms with Crippen LogP contribution in [0.25, 0.3) is 0 Å². The molecule has 9 N–H and O–H groups in total. The fourth-order valence-electron chi connectivity index (χ4n) is 5.16. The van der Waals surface area contributed by atoms with Crippen LogP contribution in [0.4, 0.5) is 5.69 Å². The first kappa shape index (κ1) is 32.5. The predicted octanol–water partition coefficient (Wildman–Crippen LogP) is -1.01. The molecular formula is C28H31Cl2N8O6+. The van der Waals surface area contributed by atoms with Gasteiger partial charge >= 0.3 is 5.97 Å². The number of halogens is 2. The van der Waals surface area contributed by atoms with Crippen LogP contribution in [0.2, 0.25) is 10.0 Å². The van der Waals surface area contributed by atoms with Crippen molar-refractivity contribution in [1.82, 2.24) is 20.4 Å². The van der Waals surface area contributed by atoms with Crippen LogP contribution in [0.15, 0.2) is 29.3 Å². The number of aliphatic hydroxyl groups excluding tert-OH is 2. The minimum atomic E-state index is -1.54. The molecular weight excluding hydrogens is 615 g/mol. The lowest BCUT2D eigenvalue weighted by Gasteiger charge is -2.34. The second kappa shape index (κ2) is 13.9. The molecule has 2 heterocycles. The quantitative estimate of drug-likeness (QED) is 0.0637. The molecule has 0 bridgehead atoms. The van der Waals surface area contributed by atoms with Gasteiger partial charge in [0, 0.05) is 43.9 Å². The van der Waals surface area contributed by atoms with Gasteiger partial charge < -0.3 is 36.2 Å². The molecule has 0 aromatic heterocycles. The zero-order valence-corrected chi connectivity index (χ0v) is 24.8. The number of nitrogens with zero attached hydrogens (tertiary/aromatic N) is 4. The van der Waals surface area contributed by atoms with E-state index in [1.165, 1.54) is 17.2 Å². The van der Waals surface area contributed by atoms with Gasteiger partial charge in [0.15, 0.2) is 12.4 Å². The van der Waals surface area contributed by atoms with Crippen molar-refractivity contribution in [1.29, 1.82) is 5.26 Å². The number of benzene rings is 2. The molecule has 2 aromatic carbocycles. The highest BCUT2D eigenvalue weighted by molar-refractivity contribution is 6.40. The van der Waals surface area contributed by atoms with Crippen molar-refractivity contribution >= 4 is 58.8 Å². The van der Waals surface area contributed by atoms with Crippen LogP contribution in [-0.4, -0.2) is 99.5 Å². The summed E-state index contributed by atoms with van der Waals surface area (Å²) in [5.74, 6) is -2.58. The number of β-amino-alcohol motifs (C(OH)–C–C–N with tert-alkyl or cyclic N) is 2. The molecule has 232 valence electrons. The number of hydrogen-bond acceptors (Lipinski definition) is 8. The van der Waals surface area contributed by atoms with Gasteiger partial charge in [-0.15, -0.1) is 0 Å². The number of fused-ring (bicyclic) bond motifs is 1. The Kier molecular flexibility index (Phi) is 10.3. The summed E-state index contributed by atoms with van der Waals surface area (Å²) in [6, 6.07) is 4.81. The van der Waals surface area contributed by atoms with Gasteiger partial charge in [-0.05, 0) is 41.8 Å². The number of carboxylic acids is 1. The maximum Gasteiger partial charge on any atom is 0.328 e. The first-order valence-electron chi connectivity index (χ1n) is 13.5. The Morgan fingerprint density at radius 3 is 2.52 bits per heavy atom. The van der Waals surface area contributed by atoms with Gasteiger partial charge in [-0.3, -0.25) is 20.3 Å². The second-order valence-electron chi connectivity index (χ2n) is 10.4. The molecule has 16 heteroatoms. The number of nitrogens with two attached hydrogens (primary N) is 2. The van der Waals surface area contributed by atoms with Crippen molar-refractivity contribution in [2.45, 2.75) is 37.6 Å². The number of hydrogen-bond donors (Lipinski definition) is 7. The number of likely N-dealkylation sites (tertiary alicyclic amines) is 1. The zero-order valence-electron chi connectivity index (χ0n) is 23.3. The molecule has 4 rings (SSSR count). The van der Waals surface area contributed by atoms with Crippen LogP contribution in [0.3, 0.4) is 0 Å². The second-order valence-corrected chi connectivity index (χ2v) is 11.2. The third-order valence-electron chi connectivity index (χ3n) is 7.33. The summed E-state index contributed by atoms with van der Waals surface area (Å²) in [6.45, 7) is 0.0950. The largest absolute Gasteiger partial charge is 0.480 e. The summed E-state index contributed by atoms with van der Waals surface area (Å²) in [4.78, 5) is 45.6. The van der Waals surface area contributed by atoms with Gasteiger partial charge in [-0.2, -0.15) is 5.26 Å². The number of anilines is 1. The fourth-order valence-corrected chi connectivity index (χ4v) is 5.92. The van der Waals surface area contributed by atoms with Crippen LogP contribution in [0.5, 0.6) is 0 Å². The van der Waals surface area contributed by atoms with Crippen molar-refractivity contribution in [3.05, 3.63) is 62.1 Å². The number of carbonyl (C=O) groups is 3. The highest BCUT2D eigenvalue weighted by atomic mass is 35.5. The molecule has 2 aliphatic heterocycles. The topological polar surface area (TPSA) is 230 Å². The minimum absolute atomic E-state index is 0.0385. The van der Waals surface area contributed by atoms with E-state index in [1.807, 2.05) is 0 Å². The molecule has 14 nitrogen and oxygen atoms in total. The van der Waals surface area contributed by atoms with Crippen molar-refractivity contribution in [2.24, 2.45) is 4.99 Å². The number of aliphatic imine (C=N–C) groups is 1.